The first-order valence-electron chi connectivity index (χ1n) is 19.3. The number of nitrogens with one attached hydrogen (secondary N) is 2. The summed E-state index contributed by atoms with van der Waals surface area (Å²) < 4.78 is 5.39. The maximum Gasteiger partial charge on any atom is 0.330 e. The molecule has 0 aliphatic rings. The number of hydrogen-bond donors (Lipinski definition) is 2. The van der Waals surface area contributed by atoms with Crippen LogP contribution in [0.25, 0.3) is 0 Å². The van der Waals surface area contributed by atoms with Crippen LogP contribution in [0.5, 0.6) is 0 Å². The van der Waals surface area contributed by atoms with E-state index in [0.717, 1.165) is 64.8 Å². The Hall–Kier alpha value is -1.66. The number of hydrogen-bond acceptors (Lipinski definition) is 5. The van der Waals surface area contributed by atoms with Crippen LogP contribution in [0.3, 0.4) is 0 Å². The van der Waals surface area contributed by atoms with Gasteiger partial charge in [0.1, 0.15) is 0 Å². The summed E-state index contributed by atoms with van der Waals surface area (Å²) in [6, 6.07) is -0.247. The van der Waals surface area contributed by atoms with Gasteiger partial charge >= 0.3 is 5.97 Å². The van der Waals surface area contributed by atoms with Crippen LogP contribution in [0.15, 0.2) is 24.3 Å². The van der Waals surface area contributed by atoms with Gasteiger partial charge in [-0.3, -0.25) is 4.79 Å². The van der Waals surface area contributed by atoms with E-state index < -0.39 is 0 Å². The summed E-state index contributed by atoms with van der Waals surface area (Å²) in [7, 11) is 0. The van der Waals surface area contributed by atoms with Crippen molar-refractivity contribution in [1.82, 2.24) is 15.5 Å². The first-order chi connectivity index (χ1) is 22.1. The second kappa shape index (κ2) is 35.2. The van der Waals surface area contributed by atoms with E-state index in [2.05, 4.69) is 55.4 Å². The van der Waals surface area contributed by atoms with Gasteiger partial charge in [0.15, 0.2) is 0 Å². The summed E-state index contributed by atoms with van der Waals surface area (Å²) in [5, 5.41) is 6.64. The number of unbranched alkanes of at least 4 members (excludes halogenated alkanes) is 16. The zero-order chi connectivity index (χ0) is 33.1. The van der Waals surface area contributed by atoms with E-state index in [1.807, 2.05) is 6.08 Å². The maximum atomic E-state index is 13.0. The molecule has 0 aromatic carbocycles. The van der Waals surface area contributed by atoms with E-state index in [1.54, 1.807) is 6.08 Å². The summed E-state index contributed by atoms with van der Waals surface area (Å²) in [4.78, 5) is 27.4. The van der Waals surface area contributed by atoms with Crippen LogP contribution in [-0.2, 0) is 14.3 Å². The van der Waals surface area contributed by atoms with Crippen molar-refractivity contribution in [2.24, 2.45) is 0 Å². The van der Waals surface area contributed by atoms with Gasteiger partial charge in [0, 0.05) is 12.6 Å². The van der Waals surface area contributed by atoms with Gasteiger partial charge in [-0.05, 0) is 90.4 Å². The molecule has 0 saturated heterocycles. The van der Waals surface area contributed by atoms with E-state index in [-0.39, 0.29) is 17.9 Å². The highest BCUT2D eigenvalue weighted by Crippen LogP contribution is 2.10. The van der Waals surface area contributed by atoms with E-state index in [0.29, 0.717) is 19.4 Å². The van der Waals surface area contributed by atoms with Crippen LogP contribution in [0.2, 0.25) is 0 Å². The summed E-state index contributed by atoms with van der Waals surface area (Å²) in [6.07, 6.45) is 34.3. The van der Waals surface area contributed by atoms with Gasteiger partial charge < -0.3 is 20.3 Å². The first kappa shape index (κ1) is 43.3. The van der Waals surface area contributed by atoms with E-state index in [1.165, 1.54) is 96.3 Å². The number of carbonyl (C=O) groups is 2. The number of esters is 1. The van der Waals surface area contributed by atoms with Crippen LogP contribution in [0.4, 0.5) is 0 Å². The first-order valence-corrected chi connectivity index (χ1v) is 19.3. The molecule has 0 aliphatic heterocycles. The molecular weight excluding hydrogens is 558 g/mol. The van der Waals surface area contributed by atoms with Crippen molar-refractivity contribution in [3.63, 3.8) is 0 Å². The maximum absolute atomic E-state index is 13.0. The molecule has 0 bridgehead atoms. The number of amides is 1. The Morgan fingerprint density at radius 2 is 1.16 bits per heavy atom. The average Bonchev–Trinajstić information content (AvgIpc) is 3.05. The van der Waals surface area contributed by atoms with Gasteiger partial charge in [0.25, 0.3) is 0 Å². The molecule has 45 heavy (non-hydrogen) atoms. The Kier molecular flexibility index (Phi) is 33.9. The van der Waals surface area contributed by atoms with Gasteiger partial charge in [-0.2, -0.15) is 0 Å². The molecule has 0 aliphatic carbocycles. The third-order valence-electron chi connectivity index (χ3n) is 8.60. The van der Waals surface area contributed by atoms with E-state index in [9.17, 15) is 9.59 Å². The van der Waals surface area contributed by atoms with Gasteiger partial charge in [-0.25, -0.2) is 4.79 Å². The fourth-order valence-electron chi connectivity index (χ4n) is 5.53. The highest BCUT2D eigenvalue weighted by Gasteiger charge is 2.17. The minimum atomic E-state index is -0.279. The van der Waals surface area contributed by atoms with E-state index in [4.69, 9.17) is 4.74 Å². The van der Waals surface area contributed by atoms with Crippen molar-refractivity contribution >= 4 is 11.9 Å². The van der Waals surface area contributed by atoms with Crippen LogP contribution >= 0.6 is 0 Å². The molecule has 0 heterocycles. The molecule has 1 atom stereocenters. The van der Waals surface area contributed by atoms with Gasteiger partial charge in [-0.15, -0.1) is 0 Å². The number of ether oxygens (including phenoxy) is 1. The summed E-state index contributed by atoms with van der Waals surface area (Å²) in [5.74, 6) is -0.206. The number of rotatable bonds is 34. The Labute approximate surface area is 280 Å². The SMILES string of the molecule is CCCCCC/C=C/C(=O)OCCCC(NCCCN(CC)CC)C(=O)NCCCCCCCC/C=C\CCCCCCCC. The standard InChI is InChI=1S/C39H75N3O3/c1-5-9-11-13-15-16-17-18-19-20-21-22-23-24-26-28-33-41-39(44)37(40-34-30-35-42(7-3)8-4)31-29-36-45-38(43)32-27-25-14-12-10-6-2/h18-19,27,32,37,40H,5-17,20-26,28-31,33-36H2,1-4H3,(H,41,44)/b19-18-,32-27+. The normalized spacial score (nSPS) is 12.5. The third kappa shape index (κ3) is 30.7. The van der Waals surface area contributed by atoms with Gasteiger partial charge in [0.2, 0.25) is 5.91 Å². The predicted octanol–water partition coefficient (Wildman–Crippen LogP) is 9.68. The van der Waals surface area contributed by atoms with Crippen molar-refractivity contribution in [3.8, 4) is 0 Å². The van der Waals surface area contributed by atoms with Crippen LogP contribution in [0.1, 0.15) is 169 Å². The lowest BCUT2D eigenvalue weighted by atomic mass is 10.1. The monoisotopic (exact) mass is 634 g/mol. The van der Waals surface area contributed by atoms with E-state index >= 15 is 0 Å². The van der Waals surface area contributed by atoms with Crippen molar-refractivity contribution in [3.05, 3.63) is 24.3 Å². The van der Waals surface area contributed by atoms with Crippen LogP contribution in [-0.4, -0.2) is 62.1 Å². The van der Waals surface area contributed by atoms with Crippen molar-refractivity contribution in [2.45, 2.75) is 175 Å². The minimum Gasteiger partial charge on any atom is -0.463 e. The highest BCUT2D eigenvalue weighted by atomic mass is 16.5. The van der Waals surface area contributed by atoms with Crippen molar-refractivity contribution in [2.75, 3.05) is 39.3 Å². The molecule has 0 aromatic rings. The topological polar surface area (TPSA) is 70.7 Å². The summed E-state index contributed by atoms with van der Waals surface area (Å²) in [5.41, 5.74) is 0. The summed E-state index contributed by atoms with van der Waals surface area (Å²) >= 11 is 0. The largest absolute Gasteiger partial charge is 0.463 e. The molecule has 0 spiro atoms. The number of carbonyl (C=O) groups excluding carboxylic acids is 2. The smallest absolute Gasteiger partial charge is 0.330 e. The predicted molar refractivity (Wildman–Crippen MR) is 195 cm³/mol. The molecule has 0 radical (unpaired) electrons. The van der Waals surface area contributed by atoms with Crippen LogP contribution in [0, 0.1) is 0 Å². The second-order valence-electron chi connectivity index (χ2n) is 12.7. The van der Waals surface area contributed by atoms with Gasteiger partial charge in [0.05, 0.1) is 12.6 Å². The minimum absolute atomic E-state index is 0.0730. The van der Waals surface area contributed by atoms with Gasteiger partial charge in [-0.1, -0.05) is 123 Å². The molecule has 264 valence electrons. The molecule has 0 saturated carbocycles. The lowest BCUT2D eigenvalue weighted by molar-refractivity contribution is -0.137. The fraction of sp³-hybridized carbons (Fsp3) is 0.846. The lowest BCUT2D eigenvalue weighted by Gasteiger charge is -2.21. The zero-order valence-electron chi connectivity index (χ0n) is 30.4. The van der Waals surface area contributed by atoms with Crippen molar-refractivity contribution in [1.29, 1.82) is 0 Å². The lowest BCUT2D eigenvalue weighted by Crippen LogP contribution is -2.45. The van der Waals surface area contributed by atoms with Crippen LogP contribution < -0.4 is 10.6 Å². The molecule has 0 rings (SSSR count). The molecule has 6 heteroatoms. The Morgan fingerprint density at radius 3 is 1.76 bits per heavy atom. The average molecular weight is 634 g/mol. The molecule has 2 N–H and O–H groups in total. The highest BCUT2D eigenvalue weighted by molar-refractivity contribution is 5.82. The summed E-state index contributed by atoms with van der Waals surface area (Å²) in [6.45, 7) is 13.9. The number of nitrogens with zero attached hydrogens (tertiary/aromatic N) is 1. The molecule has 1 amide bonds. The zero-order valence-corrected chi connectivity index (χ0v) is 30.4. The Morgan fingerprint density at radius 1 is 0.622 bits per heavy atom. The number of allylic oxidation sites excluding steroid dienone is 3. The van der Waals surface area contributed by atoms with Crippen molar-refractivity contribution < 1.29 is 14.3 Å². The molecule has 1 unspecified atom stereocenters. The Balaban J connectivity index is 4.15. The molecule has 0 fully saturated rings. The molecule has 0 aromatic heterocycles. The molecule has 6 nitrogen and oxygen atoms in total. The Bertz CT molecular complexity index is 706. The third-order valence-corrected chi connectivity index (χ3v) is 8.60. The quantitative estimate of drug-likeness (QED) is 0.0320. The fourth-order valence-corrected chi connectivity index (χ4v) is 5.53. The molecular formula is C39H75N3O3. The second-order valence-corrected chi connectivity index (χ2v) is 12.7.